The monoisotopic (exact) mass is 263 g/mol. The van der Waals surface area contributed by atoms with E-state index in [1.54, 1.807) is 0 Å². The first-order chi connectivity index (χ1) is 8.49. The molecule has 1 heterocycles. The maximum atomic E-state index is 12.5. The van der Waals surface area contributed by atoms with Gasteiger partial charge in [-0.1, -0.05) is 20.3 Å². The zero-order valence-corrected chi connectivity index (χ0v) is 10.8. The summed E-state index contributed by atoms with van der Waals surface area (Å²) in [7, 11) is 0. The Morgan fingerprint density at radius 2 is 2.06 bits per heavy atom. The van der Waals surface area contributed by atoms with Gasteiger partial charge in [-0.05, 0) is 25.5 Å². The zero-order chi connectivity index (χ0) is 13.6. The lowest BCUT2D eigenvalue weighted by Gasteiger charge is -2.17. The Morgan fingerprint density at radius 1 is 1.33 bits per heavy atom. The van der Waals surface area contributed by atoms with Crippen LogP contribution in [-0.4, -0.2) is 22.9 Å². The van der Waals surface area contributed by atoms with Crippen LogP contribution < -0.4 is 5.32 Å². The second-order valence-electron chi connectivity index (χ2n) is 4.33. The number of hydrogen-bond acceptors (Lipinski definition) is 2. The van der Waals surface area contributed by atoms with Crippen LogP contribution in [0.2, 0.25) is 0 Å². The molecular weight excluding hydrogens is 243 g/mol. The predicted molar refractivity (Wildman–Crippen MR) is 64.3 cm³/mol. The van der Waals surface area contributed by atoms with E-state index in [1.165, 1.54) is 10.9 Å². The number of nitrogens with zero attached hydrogens (tertiary/aromatic N) is 2. The Bertz CT molecular complexity index is 347. The third kappa shape index (κ3) is 4.33. The first-order valence-electron chi connectivity index (χ1n) is 6.32. The topological polar surface area (TPSA) is 29.9 Å². The van der Waals surface area contributed by atoms with Crippen molar-refractivity contribution in [3.8, 4) is 0 Å². The molecule has 0 saturated carbocycles. The molecule has 1 atom stereocenters. The van der Waals surface area contributed by atoms with Crippen molar-refractivity contribution in [3.63, 3.8) is 0 Å². The predicted octanol–water partition coefficient (Wildman–Crippen LogP) is 3.24. The molecule has 0 fully saturated rings. The summed E-state index contributed by atoms with van der Waals surface area (Å²) in [6.45, 7) is 5.59. The summed E-state index contributed by atoms with van der Waals surface area (Å²) in [6, 6.07) is 1.01. The van der Waals surface area contributed by atoms with E-state index >= 15 is 0 Å². The molecule has 0 aliphatic rings. The molecule has 104 valence electrons. The minimum Gasteiger partial charge on any atom is -0.315 e. The molecule has 1 aromatic heterocycles. The number of aromatic nitrogens is 2. The zero-order valence-electron chi connectivity index (χ0n) is 10.8. The molecule has 0 aliphatic heterocycles. The van der Waals surface area contributed by atoms with E-state index in [9.17, 15) is 13.2 Å². The highest BCUT2D eigenvalue weighted by atomic mass is 19.4. The Morgan fingerprint density at radius 3 is 2.56 bits per heavy atom. The maximum Gasteiger partial charge on any atom is 0.435 e. The quantitative estimate of drug-likeness (QED) is 0.765. The number of rotatable bonds is 7. The van der Waals surface area contributed by atoms with Gasteiger partial charge in [-0.15, -0.1) is 0 Å². The normalized spacial score (nSPS) is 13.8. The summed E-state index contributed by atoms with van der Waals surface area (Å²) in [5.74, 6) is 0. The van der Waals surface area contributed by atoms with Crippen LogP contribution in [0.15, 0.2) is 12.3 Å². The van der Waals surface area contributed by atoms with Crippen molar-refractivity contribution >= 4 is 0 Å². The van der Waals surface area contributed by atoms with Crippen molar-refractivity contribution in [2.75, 3.05) is 13.1 Å². The first-order valence-corrected chi connectivity index (χ1v) is 6.32. The summed E-state index contributed by atoms with van der Waals surface area (Å²) in [6.07, 6.45) is -0.212. The molecule has 6 heteroatoms. The van der Waals surface area contributed by atoms with Crippen molar-refractivity contribution in [1.29, 1.82) is 0 Å². The van der Waals surface area contributed by atoms with E-state index in [0.29, 0.717) is 6.54 Å². The smallest absolute Gasteiger partial charge is 0.315 e. The molecule has 0 aliphatic carbocycles. The summed E-state index contributed by atoms with van der Waals surface area (Å²) >= 11 is 0. The standard InChI is InChI=1S/C12H20F3N3/c1-3-5-10(9-16-7-4-2)18-8-6-11(17-18)12(13,14)15/h6,8,10,16H,3-5,7,9H2,1-2H3. The number of hydrogen-bond donors (Lipinski definition) is 1. The molecule has 0 radical (unpaired) electrons. The van der Waals surface area contributed by atoms with E-state index in [4.69, 9.17) is 0 Å². The van der Waals surface area contributed by atoms with Crippen LogP contribution in [0.1, 0.15) is 44.8 Å². The highest BCUT2D eigenvalue weighted by molar-refractivity contribution is 5.04. The number of alkyl halides is 3. The number of nitrogens with one attached hydrogen (secondary N) is 1. The maximum absolute atomic E-state index is 12.5. The summed E-state index contributed by atoms with van der Waals surface area (Å²) in [5.41, 5.74) is -0.820. The largest absolute Gasteiger partial charge is 0.435 e. The highest BCUT2D eigenvalue weighted by Gasteiger charge is 2.34. The Hall–Kier alpha value is -1.04. The van der Waals surface area contributed by atoms with Crippen LogP contribution in [0.3, 0.4) is 0 Å². The fraction of sp³-hybridized carbons (Fsp3) is 0.750. The lowest BCUT2D eigenvalue weighted by Crippen LogP contribution is -2.26. The van der Waals surface area contributed by atoms with E-state index in [0.717, 1.165) is 31.9 Å². The van der Waals surface area contributed by atoms with Gasteiger partial charge in [-0.25, -0.2) is 0 Å². The van der Waals surface area contributed by atoms with Gasteiger partial charge in [0.25, 0.3) is 0 Å². The Kier molecular flexibility index (Phi) is 5.65. The van der Waals surface area contributed by atoms with Gasteiger partial charge in [-0.2, -0.15) is 18.3 Å². The second-order valence-corrected chi connectivity index (χ2v) is 4.33. The first kappa shape index (κ1) is 15.0. The molecule has 0 saturated heterocycles. The molecule has 0 aromatic carbocycles. The Labute approximate surface area is 105 Å². The summed E-state index contributed by atoms with van der Waals surface area (Å²) in [4.78, 5) is 0. The summed E-state index contributed by atoms with van der Waals surface area (Å²) in [5, 5.41) is 6.86. The molecule has 18 heavy (non-hydrogen) atoms. The lowest BCUT2D eigenvalue weighted by molar-refractivity contribution is -0.141. The van der Waals surface area contributed by atoms with Gasteiger partial charge >= 0.3 is 6.18 Å². The molecule has 0 amide bonds. The highest BCUT2D eigenvalue weighted by Crippen LogP contribution is 2.28. The van der Waals surface area contributed by atoms with Gasteiger partial charge in [0.2, 0.25) is 0 Å². The van der Waals surface area contributed by atoms with Crippen molar-refractivity contribution in [2.24, 2.45) is 0 Å². The van der Waals surface area contributed by atoms with Crippen LogP contribution in [0.25, 0.3) is 0 Å². The average molecular weight is 263 g/mol. The minimum atomic E-state index is -4.36. The third-order valence-electron chi connectivity index (χ3n) is 2.70. The van der Waals surface area contributed by atoms with Crippen molar-refractivity contribution in [3.05, 3.63) is 18.0 Å². The molecular formula is C12H20F3N3. The number of halogens is 3. The minimum absolute atomic E-state index is 0.0161. The van der Waals surface area contributed by atoms with Crippen molar-refractivity contribution in [2.45, 2.75) is 45.3 Å². The summed E-state index contributed by atoms with van der Waals surface area (Å²) < 4.78 is 38.8. The van der Waals surface area contributed by atoms with Gasteiger partial charge in [-0.3, -0.25) is 4.68 Å². The van der Waals surface area contributed by atoms with Crippen molar-refractivity contribution < 1.29 is 13.2 Å². The van der Waals surface area contributed by atoms with Gasteiger partial charge < -0.3 is 5.32 Å². The molecule has 0 bridgehead atoms. The average Bonchev–Trinajstić information content (AvgIpc) is 2.77. The van der Waals surface area contributed by atoms with E-state index in [1.807, 2.05) is 6.92 Å². The van der Waals surface area contributed by atoms with Gasteiger partial charge in [0.15, 0.2) is 5.69 Å². The van der Waals surface area contributed by atoms with Gasteiger partial charge in [0.1, 0.15) is 0 Å². The van der Waals surface area contributed by atoms with Crippen LogP contribution >= 0.6 is 0 Å². The molecule has 3 nitrogen and oxygen atoms in total. The SMILES string of the molecule is CCCNCC(CCC)n1ccc(C(F)(F)F)n1. The van der Waals surface area contributed by atoms with Gasteiger partial charge in [0.05, 0.1) is 6.04 Å². The van der Waals surface area contributed by atoms with E-state index < -0.39 is 11.9 Å². The fourth-order valence-corrected chi connectivity index (χ4v) is 1.80. The molecule has 1 aromatic rings. The van der Waals surface area contributed by atoms with Crippen molar-refractivity contribution in [1.82, 2.24) is 15.1 Å². The van der Waals surface area contributed by atoms with Crippen LogP contribution in [0.5, 0.6) is 0 Å². The second kappa shape index (κ2) is 6.78. The van der Waals surface area contributed by atoms with Crippen LogP contribution in [-0.2, 0) is 6.18 Å². The lowest BCUT2D eigenvalue weighted by atomic mass is 10.1. The molecule has 1 unspecified atom stereocenters. The molecule has 0 spiro atoms. The van der Waals surface area contributed by atoms with Crippen LogP contribution in [0, 0.1) is 0 Å². The molecule has 1 N–H and O–H groups in total. The Balaban J connectivity index is 2.70. The van der Waals surface area contributed by atoms with E-state index in [-0.39, 0.29) is 6.04 Å². The van der Waals surface area contributed by atoms with Crippen LogP contribution in [0.4, 0.5) is 13.2 Å². The van der Waals surface area contributed by atoms with Gasteiger partial charge in [0, 0.05) is 12.7 Å². The third-order valence-corrected chi connectivity index (χ3v) is 2.70. The molecule has 1 rings (SSSR count). The fourth-order valence-electron chi connectivity index (χ4n) is 1.80. The van der Waals surface area contributed by atoms with E-state index in [2.05, 4.69) is 17.3 Å².